The summed E-state index contributed by atoms with van der Waals surface area (Å²) >= 11 is 0. The van der Waals surface area contributed by atoms with Gasteiger partial charge in [-0.15, -0.1) is 0 Å². The first-order valence-corrected chi connectivity index (χ1v) is 6.72. The van der Waals surface area contributed by atoms with Gasteiger partial charge in [0.05, 0.1) is 0 Å². The average Bonchev–Trinajstić information content (AvgIpc) is 2.36. The highest BCUT2D eigenvalue weighted by Gasteiger charge is 2.24. The molecule has 102 valence electrons. The van der Waals surface area contributed by atoms with Gasteiger partial charge >= 0.3 is 5.97 Å². The predicted molar refractivity (Wildman–Crippen MR) is 70.2 cm³/mol. The van der Waals surface area contributed by atoms with Gasteiger partial charge in [-0.3, -0.25) is 9.59 Å². The van der Waals surface area contributed by atoms with Crippen LogP contribution in [0, 0.1) is 5.92 Å². The Labute approximate surface area is 109 Å². The van der Waals surface area contributed by atoms with E-state index in [4.69, 9.17) is 5.11 Å². The van der Waals surface area contributed by atoms with Crippen molar-refractivity contribution in [2.45, 2.75) is 46.0 Å². The largest absolute Gasteiger partial charge is 0.481 e. The molecule has 18 heavy (non-hydrogen) atoms. The lowest BCUT2D eigenvalue weighted by molar-refractivity contribution is -0.137. The Bertz CT molecular complexity index is 336. The molecule has 0 bridgehead atoms. The lowest BCUT2D eigenvalue weighted by Crippen LogP contribution is -2.40. The third-order valence-corrected chi connectivity index (χ3v) is 3.42. The number of allylic oxidation sites excluding steroid dienone is 1. The van der Waals surface area contributed by atoms with Gasteiger partial charge in [-0.25, -0.2) is 0 Å². The van der Waals surface area contributed by atoms with Crippen LogP contribution in [-0.4, -0.2) is 35.0 Å². The fraction of sp³-hybridized carbons (Fsp3) is 0.714. The summed E-state index contributed by atoms with van der Waals surface area (Å²) < 4.78 is 0. The molecule has 1 N–H and O–H groups in total. The summed E-state index contributed by atoms with van der Waals surface area (Å²) in [5, 5.41) is 8.69. The van der Waals surface area contributed by atoms with E-state index in [1.54, 1.807) is 0 Å². The number of rotatable bonds is 5. The summed E-state index contributed by atoms with van der Waals surface area (Å²) in [5.41, 5.74) is 0.802. The first kappa shape index (κ1) is 14.7. The number of carboxylic acids is 1. The van der Waals surface area contributed by atoms with Crippen LogP contribution >= 0.6 is 0 Å². The van der Waals surface area contributed by atoms with E-state index in [-0.39, 0.29) is 12.3 Å². The van der Waals surface area contributed by atoms with E-state index in [9.17, 15) is 9.59 Å². The highest BCUT2D eigenvalue weighted by atomic mass is 16.4. The van der Waals surface area contributed by atoms with Crippen LogP contribution in [-0.2, 0) is 9.59 Å². The van der Waals surface area contributed by atoms with Gasteiger partial charge in [0.15, 0.2) is 0 Å². The number of hydrogen-bond acceptors (Lipinski definition) is 2. The van der Waals surface area contributed by atoms with Crippen molar-refractivity contribution in [1.29, 1.82) is 0 Å². The number of likely N-dealkylation sites (tertiary alicyclic amines) is 1. The molecule has 0 aromatic carbocycles. The second-order valence-corrected chi connectivity index (χ2v) is 4.99. The number of nitrogens with zero attached hydrogens (tertiary/aromatic N) is 1. The second-order valence-electron chi connectivity index (χ2n) is 4.99. The maximum atomic E-state index is 12.1. The maximum absolute atomic E-state index is 12.1. The number of carboxylic acid groups (broad SMARTS) is 1. The van der Waals surface area contributed by atoms with Crippen molar-refractivity contribution < 1.29 is 14.7 Å². The SMILES string of the molecule is CC/C=C(/C)C(=O)N1CCCC(CCC(=O)O)C1. The Hall–Kier alpha value is -1.32. The number of hydrogen-bond donors (Lipinski definition) is 1. The number of amides is 1. The zero-order valence-corrected chi connectivity index (χ0v) is 11.3. The molecule has 4 heteroatoms. The van der Waals surface area contributed by atoms with Crippen molar-refractivity contribution in [3.8, 4) is 0 Å². The molecular formula is C14H23NO3. The van der Waals surface area contributed by atoms with Crippen LogP contribution in [0.25, 0.3) is 0 Å². The number of carbonyl (C=O) groups excluding carboxylic acids is 1. The topological polar surface area (TPSA) is 57.6 Å². The Morgan fingerprint density at radius 2 is 2.17 bits per heavy atom. The van der Waals surface area contributed by atoms with Gasteiger partial charge in [0.2, 0.25) is 5.91 Å². The van der Waals surface area contributed by atoms with E-state index in [1.807, 2.05) is 24.8 Å². The lowest BCUT2D eigenvalue weighted by Gasteiger charge is -2.33. The second kappa shape index (κ2) is 7.19. The monoisotopic (exact) mass is 253 g/mol. The molecule has 0 aromatic heterocycles. The summed E-state index contributed by atoms with van der Waals surface area (Å²) in [6.07, 6.45) is 5.71. The molecule has 1 aliphatic heterocycles. The first-order valence-electron chi connectivity index (χ1n) is 6.72. The summed E-state index contributed by atoms with van der Waals surface area (Å²) in [7, 11) is 0. The molecule has 1 amide bonds. The summed E-state index contributed by atoms with van der Waals surface area (Å²) in [6, 6.07) is 0. The van der Waals surface area contributed by atoms with Crippen LogP contribution in [0.15, 0.2) is 11.6 Å². The number of carbonyl (C=O) groups is 2. The van der Waals surface area contributed by atoms with Gasteiger partial charge in [-0.1, -0.05) is 13.0 Å². The Morgan fingerprint density at radius 3 is 2.78 bits per heavy atom. The molecule has 1 fully saturated rings. The molecule has 0 saturated carbocycles. The Balaban J connectivity index is 2.50. The van der Waals surface area contributed by atoms with Crippen LogP contribution < -0.4 is 0 Å². The minimum Gasteiger partial charge on any atom is -0.481 e. The minimum absolute atomic E-state index is 0.108. The van der Waals surface area contributed by atoms with Gasteiger partial charge in [-0.2, -0.15) is 0 Å². The van der Waals surface area contributed by atoms with E-state index in [0.717, 1.165) is 31.4 Å². The van der Waals surface area contributed by atoms with Crippen LogP contribution in [0.2, 0.25) is 0 Å². The fourth-order valence-corrected chi connectivity index (χ4v) is 2.46. The van der Waals surface area contributed by atoms with Crippen LogP contribution in [0.5, 0.6) is 0 Å². The number of piperidine rings is 1. The molecule has 1 saturated heterocycles. The fourth-order valence-electron chi connectivity index (χ4n) is 2.46. The molecule has 1 atom stereocenters. The van der Waals surface area contributed by atoms with Crippen molar-refractivity contribution >= 4 is 11.9 Å². The van der Waals surface area contributed by atoms with Gasteiger partial charge in [-0.05, 0) is 38.5 Å². The van der Waals surface area contributed by atoms with E-state index in [2.05, 4.69) is 0 Å². The van der Waals surface area contributed by atoms with E-state index < -0.39 is 5.97 Å². The van der Waals surface area contributed by atoms with Crippen molar-refractivity contribution in [3.05, 3.63) is 11.6 Å². The van der Waals surface area contributed by atoms with E-state index >= 15 is 0 Å². The highest BCUT2D eigenvalue weighted by molar-refractivity contribution is 5.92. The smallest absolute Gasteiger partial charge is 0.303 e. The molecule has 1 heterocycles. The number of aliphatic carboxylic acids is 1. The molecule has 4 nitrogen and oxygen atoms in total. The minimum atomic E-state index is -0.750. The van der Waals surface area contributed by atoms with Crippen molar-refractivity contribution in [2.75, 3.05) is 13.1 Å². The van der Waals surface area contributed by atoms with Gasteiger partial charge < -0.3 is 10.0 Å². The molecule has 0 spiro atoms. The van der Waals surface area contributed by atoms with Crippen LogP contribution in [0.3, 0.4) is 0 Å². The van der Waals surface area contributed by atoms with Crippen LogP contribution in [0.1, 0.15) is 46.0 Å². The average molecular weight is 253 g/mol. The highest BCUT2D eigenvalue weighted by Crippen LogP contribution is 2.22. The molecular weight excluding hydrogens is 230 g/mol. The maximum Gasteiger partial charge on any atom is 0.303 e. The quantitative estimate of drug-likeness (QED) is 0.766. The molecule has 1 aliphatic rings. The van der Waals surface area contributed by atoms with Crippen molar-refractivity contribution in [2.24, 2.45) is 5.92 Å². The molecule has 1 unspecified atom stereocenters. The van der Waals surface area contributed by atoms with Gasteiger partial charge in [0.1, 0.15) is 0 Å². The van der Waals surface area contributed by atoms with Gasteiger partial charge in [0, 0.05) is 25.1 Å². The van der Waals surface area contributed by atoms with E-state index in [1.165, 1.54) is 0 Å². The van der Waals surface area contributed by atoms with E-state index in [0.29, 0.717) is 18.9 Å². The summed E-state index contributed by atoms with van der Waals surface area (Å²) in [5.74, 6) is -0.300. The summed E-state index contributed by atoms with van der Waals surface area (Å²) in [4.78, 5) is 24.5. The normalized spacial score (nSPS) is 20.9. The van der Waals surface area contributed by atoms with Gasteiger partial charge in [0.25, 0.3) is 0 Å². The molecule has 1 rings (SSSR count). The molecule has 0 radical (unpaired) electrons. The third kappa shape index (κ3) is 4.51. The first-order chi connectivity index (χ1) is 8.54. The standard InChI is InChI=1S/C14H23NO3/c1-3-5-11(2)14(18)15-9-4-6-12(10-15)7-8-13(16)17/h5,12H,3-4,6-10H2,1-2H3,(H,16,17)/b11-5-. The van der Waals surface area contributed by atoms with Crippen molar-refractivity contribution in [3.63, 3.8) is 0 Å². The lowest BCUT2D eigenvalue weighted by atomic mass is 9.93. The Morgan fingerprint density at radius 1 is 1.44 bits per heavy atom. The third-order valence-electron chi connectivity index (χ3n) is 3.42. The van der Waals surface area contributed by atoms with Crippen LogP contribution in [0.4, 0.5) is 0 Å². The summed E-state index contributed by atoms with van der Waals surface area (Å²) in [6.45, 7) is 5.38. The van der Waals surface area contributed by atoms with Crippen molar-refractivity contribution in [1.82, 2.24) is 4.90 Å². The zero-order valence-electron chi connectivity index (χ0n) is 11.3. The molecule has 0 aliphatic carbocycles. The Kier molecular flexibility index (Phi) is 5.89. The zero-order chi connectivity index (χ0) is 13.5. The predicted octanol–water partition coefficient (Wildman–Crippen LogP) is 2.45. The molecule has 0 aromatic rings.